The number of amides is 3. The van der Waals surface area contributed by atoms with Gasteiger partial charge in [0.05, 0.1) is 12.9 Å². The van der Waals surface area contributed by atoms with Crippen molar-refractivity contribution < 1.29 is 14.3 Å². The van der Waals surface area contributed by atoms with Crippen LogP contribution in [0.1, 0.15) is 77.2 Å². The Morgan fingerprint density at radius 1 is 0.974 bits per heavy atom. The van der Waals surface area contributed by atoms with Crippen LogP contribution in [0.4, 0.5) is 21.4 Å². The molecule has 0 unspecified atom stereocenters. The predicted molar refractivity (Wildman–Crippen MR) is 155 cm³/mol. The minimum atomic E-state index is -0.714. The number of halogens is 2. The molecule has 0 bridgehead atoms. The van der Waals surface area contributed by atoms with Crippen LogP contribution in [0.25, 0.3) is 11.2 Å². The van der Waals surface area contributed by atoms with Crippen LogP contribution in [0, 0.1) is 0 Å². The lowest BCUT2D eigenvalue weighted by molar-refractivity contribution is 0.144. The first-order valence-electron chi connectivity index (χ1n) is 13.8. The summed E-state index contributed by atoms with van der Waals surface area (Å²) in [6.07, 6.45) is 11.5. The van der Waals surface area contributed by atoms with Gasteiger partial charge in [0, 0.05) is 37.3 Å². The van der Waals surface area contributed by atoms with Crippen molar-refractivity contribution in [2.45, 2.75) is 95.3 Å². The van der Waals surface area contributed by atoms with Crippen LogP contribution >= 0.6 is 24.8 Å². The van der Waals surface area contributed by atoms with Gasteiger partial charge in [-0.1, -0.05) is 12.8 Å². The van der Waals surface area contributed by atoms with Crippen LogP contribution in [0.2, 0.25) is 0 Å². The number of carbonyl (C=O) groups is 2. The van der Waals surface area contributed by atoms with Gasteiger partial charge in [-0.15, -0.1) is 24.8 Å². The molecule has 3 amide bonds. The summed E-state index contributed by atoms with van der Waals surface area (Å²) in [5.41, 5.74) is 7.75. The second-order valence-electron chi connectivity index (χ2n) is 10.5. The average molecular weight is 587 g/mol. The Kier molecular flexibility index (Phi) is 11.3. The van der Waals surface area contributed by atoms with E-state index in [9.17, 15) is 9.59 Å². The summed E-state index contributed by atoms with van der Waals surface area (Å²) in [6, 6.07) is 0.730. The Morgan fingerprint density at radius 3 is 2.31 bits per heavy atom. The Morgan fingerprint density at radius 2 is 1.64 bits per heavy atom. The first-order chi connectivity index (χ1) is 18.0. The lowest BCUT2D eigenvalue weighted by Gasteiger charge is -2.32. The quantitative estimate of drug-likeness (QED) is 0.390. The van der Waals surface area contributed by atoms with Crippen molar-refractivity contribution in [3.05, 3.63) is 6.33 Å². The number of alkyl carbamates (subject to hydrolysis) is 1. The lowest BCUT2D eigenvalue weighted by Crippen LogP contribution is -2.48. The summed E-state index contributed by atoms with van der Waals surface area (Å²) in [5, 5.41) is 9.44. The molecule has 5 rings (SSSR count). The zero-order valence-electron chi connectivity index (χ0n) is 22.4. The van der Waals surface area contributed by atoms with Gasteiger partial charge in [0.1, 0.15) is 0 Å². The molecule has 3 aliphatic rings. The number of imide groups is 1. The average Bonchev–Trinajstić information content (AvgIpc) is 3.56. The van der Waals surface area contributed by atoms with Crippen molar-refractivity contribution in [1.29, 1.82) is 0 Å². The summed E-state index contributed by atoms with van der Waals surface area (Å²) >= 11 is 0. The zero-order chi connectivity index (χ0) is 25.8. The van der Waals surface area contributed by atoms with Crippen LogP contribution in [0.15, 0.2) is 6.33 Å². The monoisotopic (exact) mass is 585 g/mol. The van der Waals surface area contributed by atoms with Crippen LogP contribution in [0.5, 0.6) is 0 Å². The molecule has 0 atom stereocenters. The molecule has 2 aromatic rings. The van der Waals surface area contributed by atoms with E-state index in [1.54, 1.807) is 11.8 Å². The Bertz CT molecular complexity index is 1100. The van der Waals surface area contributed by atoms with E-state index in [-0.39, 0.29) is 43.5 Å². The molecule has 5 N–H and O–H groups in total. The topological polar surface area (TPSA) is 152 Å². The number of hydrogen-bond donors (Lipinski definition) is 4. The molecule has 2 aliphatic carbocycles. The normalized spacial score (nSPS) is 22.1. The second kappa shape index (κ2) is 14.2. The number of nitrogens with one attached hydrogen (secondary N) is 3. The van der Waals surface area contributed by atoms with E-state index in [4.69, 9.17) is 25.4 Å². The van der Waals surface area contributed by atoms with Crippen molar-refractivity contribution in [2.75, 3.05) is 30.3 Å². The fourth-order valence-electron chi connectivity index (χ4n) is 5.73. The number of urea groups is 1. The minimum Gasteiger partial charge on any atom is -0.450 e. The van der Waals surface area contributed by atoms with Crippen LogP contribution in [-0.4, -0.2) is 74.4 Å². The number of aromatic nitrogens is 4. The first kappa shape index (κ1) is 31.0. The highest BCUT2D eigenvalue weighted by molar-refractivity contribution is 5.90. The number of likely N-dealkylation sites (tertiary alicyclic amines) is 1. The maximum Gasteiger partial charge on any atom is 0.415 e. The van der Waals surface area contributed by atoms with E-state index in [1.165, 1.54) is 12.8 Å². The molecule has 1 aliphatic heterocycles. The van der Waals surface area contributed by atoms with E-state index in [0.29, 0.717) is 31.1 Å². The molecule has 0 aromatic carbocycles. The molecule has 39 heavy (non-hydrogen) atoms. The summed E-state index contributed by atoms with van der Waals surface area (Å²) in [5.74, 6) is 1.35. The largest absolute Gasteiger partial charge is 0.450 e. The highest BCUT2D eigenvalue weighted by atomic mass is 35.5. The van der Waals surface area contributed by atoms with Gasteiger partial charge >= 0.3 is 12.1 Å². The Balaban J connectivity index is 0.00000210. The van der Waals surface area contributed by atoms with Gasteiger partial charge in [0.15, 0.2) is 17.0 Å². The molecule has 0 radical (unpaired) electrons. The van der Waals surface area contributed by atoms with Gasteiger partial charge in [0.2, 0.25) is 5.95 Å². The van der Waals surface area contributed by atoms with E-state index >= 15 is 0 Å². The SMILES string of the molecule is CCOC(=O)NC(=O)N1CCC(Nc2nc(NC3CCC(N)CC3)nc3c2ncn3C2CCCC2)CC1.Cl.Cl. The van der Waals surface area contributed by atoms with E-state index in [0.717, 1.165) is 68.3 Å². The molecule has 218 valence electrons. The predicted octanol–water partition coefficient (Wildman–Crippen LogP) is 4.21. The minimum absolute atomic E-state index is 0. The van der Waals surface area contributed by atoms with E-state index < -0.39 is 12.1 Å². The molecule has 3 fully saturated rings. The number of carbonyl (C=O) groups excluding carboxylic acids is 2. The van der Waals surface area contributed by atoms with E-state index in [1.807, 2.05) is 6.33 Å². The zero-order valence-corrected chi connectivity index (χ0v) is 24.1. The van der Waals surface area contributed by atoms with Crippen molar-refractivity contribution in [1.82, 2.24) is 29.7 Å². The fraction of sp³-hybridized carbons (Fsp3) is 0.720. The van der Waals surface area contributed by atoms with Gasteiger partial charge < -0.3 is 30.6 Å². The Labute approximate surface area is 241 Å². The van der Waals surface area contributed by atoms with Crippen molar-refractivity contribution in [3.8, 4) is 0 Å². The third kappa shape index (κ3) is 7.55. The molecular formula is C25H41Cl2N9O3. The standard InChI is InChI=1S/C25H39N9O3.2ClH/c1-2-37-25(36)32-24(35)33-13-11-18(12-14-33)28-21-20-22(34(15-27-20)19-5-3-4-6-19)31-23(30-21)29-17-9-7-16(26)8-10-17;;/h15-19H,2-14,26H2,1H3,(H,32,35,36)(H2,28,29,30,31);2*1H. The molecule has 14 heteroatoms. The van der Waals surface area contributed by atoms with E-state index in [2.05, 4.69) is 20.5 Å². The lowest BCUT2D eigenvalue weighted by atomic mass is 9.92. The summed E-state index contributed by atoms with van der Waals surface area (Å²) in [4.78, 5) is 40.1. The molecular weight excluding hydrogens is 545 g/mol. The summed E-state index contributed by atoms with van der Waals surface area (Å²) in [7, 11) is 0. The summed E-state index contributed by atoms with van der Waals surface area (Å²) < 4.78 is 7.03. The maximum atomic E-state index is 12.3. The number of rotatable bonds is 6. The first-order valence-corrected chi connectivity index (χ1v) is 13.8. The highest BCUT2D eigenvalue weighted by Crippen LogP contribution is 2.33. The van der Waals surface area contributed by atoms with Gasteiger partial charge in [0.25, 0.3) is 0 Å². The van der Waals surface area contributed by atoms with Crippen molar-refractivity contribution in [2.24, 2.45) is 5.73 Å². The smallest absolute Gasteiger partial charge is 0.415 e. The molecule has 1 saturated heterocycles. The second-order valence-corrected chi connectivity index (χ2v) is 10.5. The van der Waals surface area contributed by atoms with Crippen LogP contribution in [-0.2, 0) is 4.74 Å². The molecule has 12 nitrogen and oxygen atoms in total. The number of nitrogens with two attached hydrogens (primary N) is 1. The highest BCUT2D eigenvalue weighted by Gasteiger charge is 2.27. The Hall–Kier alpha value is -2.57. The molecule has 2 saturated carbocycles. The number of piperidine rings is 1. The molecule has 2 aromatic heterocycles. The number of anilines is 2. The van der Waals surface area contributed by atoms with Gasteiger partial charge in [-0.3, -0.25) is 0 Å². The van der Waals surface area contributed by atoms with Crippen molar-refractivity contribution >= 4 is 59.9 Å². The molecule has 3 heterocycles. The fourth-order valence-corrected chi connectivity index (χ4v) is 5.73. The van der Waals surface area contributed by atoms with Crippen LogP contribution in [0.3, 0.4) is 0 Å². The van der Waals surface area contributed by atoms with Crippen LogP contribution < -0.4 is 21.7 Å². The van der Waals surface area contributed by atoms with Gasteiger partial charge in [-0.25, -0.2) is 19.9 Å². The number of imidazole rings is 1. The van der Waals surface area contributed by atoms with Crippen molar-refractivity contribution in [3.63, 3.8) is 0 Å². The third-order valence-corrected chi connectivity index (χ3v) is 7.85. The molecule has 0 spiro atoms. The number of nitrogens with zero attached hydrogens (tertiary/aromatic N) is 5. The third-order valence-electron chi connectivity index (χ3n) is 7.85. The maximum absolute atomic E-state index is 12.3. The number of ether oxygens (including phenoxy) is 1. The number of fused-ring (bicyclic) bond motifs is 1. The van der Waals surface area contributed by atoms with Gasteiger partial charge in [-0.05, 0) is 58.3 Å². The van der Waals surface area contributed by atoms with Gasteiger partial charge in [-0.2, -0.15) is 9.97 Å². The number of hydrogen-bond acceptors (Lipinski definition) is 9. The summed E-state index contributed by atoms with van der Waals surface area (Å²) in [6.45, 7) is 2.98.